The van der Waals surface area contributed by atoms with Crippen LogP contribution >= 0.6 is 0 Å². The van der Waals surface area contributed by atoms with Crippen LogP contribution in [0.5, 0.6) is 5.75 Å². The summed E-state index contributed by atoms with van der Waals surface area (Å²) in [6.45, 7) is 3.52. The molecule has 1 aliphatic heterocycles. The molecular weight excluding hydrogens is 286 g/mol. The van der Waals surface area contributed by atoms with Crippen LogP contribution in [0.1, 0.15) is 12.0 Å². The molecule has 1 aliphatic rings. The summed E-state index contributed by atoms with van der Waals surface area (Å²) in [6.07, 6.45) is 1.03. The number of para-hydroxylation sites is 1. The van der Waals surface area contributed by atoms with Crippen molar-refractivity contribution in [1.29, 1.82) is 0 Å². The first-order valence-corrected chi connectivity index (χ1v) is 8.17. The lowest BCUT2D eigenvalue weighted by molar-refractivity contribution is 0.283. The van der Waals surface area contributed by atoms with Crippen molar-refractivity contribution >= 4 is 11.4 Å². The van der Waals surface area contributed by atoms with Gasteiger partial charge in [0.1, 0.15) is 11.4 Å². The van der Waals surface area contributed by atoms with Gasteiger partial charge in [0.05, 0.1) is 19.0 Å². The smallest absolute Gasteiger partial charge is 0.144 e. The standard InChI is InChI=1S/C19H25N3O/c1-21(2)12-7-13-23-18-11-6-10-17-19(18)20-15-22(17)14-16-8-4-3-5-9-16/h3-6,8-11,20H,7,12-15H2,1-2H3. The molecule has 0 radical (unpaired) electrons. The summed E-state index contributed by atoms with van der Waals surface area (Å²) < 4.78 is 5.98. The summed E-state index contributed by atoms with van der Waals surface area (Å²) in [6, 6.07) is 16.8. The Morgan fingerprint density at radius 3 is 2.70 bits per heavy atom. The number of rotatable bonds is 7. The molecule has 0 saturated heterocycles. The highest BCUT2D eigenvalue weighted by atomic mass is 16.5. The van der Waals surface area contributed by atoms with Crippen LogP contribution in [0.25, 0.3) is 0 Å². The van der Waals surface area contributed by atoms with Gasteiger partial charge in [-0.15, -0.1) is 0 Å². The van der Waals surface area contributed by atoms with Gasteiger partial charge in [-0.2, -0.15) is 0 Å². The molecule has 0 unspecified atom stereocenters. The van der Waals surface area contributed by atoms with Gasteiger partial charge >= 0.3 is 0 Å². The molecule has 1 N–H and O–H groups in total. The van der Waals surface area contributed by atoms with Crippen molar-refractivity contribution in [2.24, 2.45) is 0 Å². The minimum absolute atomic E-state index is 0.745. The van der Waals surface area contributed by atoms with Crippen molar-refractivity contribution in [2.75, 3.05) is 44.1 Å². The number of hydrogen-bond acceptors (Lipinski definition) is 4. The van der Waals surface area contributed by atoms with E-state index in [1.165, 1.54) is 11.3 Å². The van der Waals surface area contributed by atoms with Crippen LogP contribution in [-0.2, 0) is 6.54 Å². The topological polar surface area (TPSA) is 27.7 Å². The zero-order valence-corrected chi connectivity index (χ0v) is 14.0. The van der Waals surface area contributed by atoms with Crippen molar-refractivity contribution in [3.63, 3.8) is 0 Å². The van der Waals surface area contributed by atoms with Crippen molar-refractivity contribution in [3.8, 4) is 5.75 Å². The second-order valence-electron chi connectivity index (χ2n) is 6.17. The van der Waals surface area contributed by atoms with Gasteiger partial charge in [-0.05, 0) is 38.2 Å². The average Bonchev–Trinajstić information content (AvgIpc) is 2.96. The third-order valence-corrected chi connectivity index (χ3v) is 4.02. The maximum atomic E-state index is 5.98. The van der Waals surface area contributed by atoms with Gasteiger partial charge in [0.2, 0.25) is 0 Å². The van der Waals surface area contributed by atoms with E-state index in [-0.39, 0.29) is 0 Å². The van der Waals surface area contributed by atoms with E-state index in [2.05, 4.69) is 71.7 Å². The van der Waals surface area contributed by atoms with Crippen LogP contribution in [-0.4, -0.2) is 38.8 Å². The molecular formula is C19H25N3O. The van der Waals surface area contributed by atoms with Gasteiger partial charge in [-0.1, -0.05) is 36.4 Å². The monoisotopic (exact) mass is 311 g/mol. The molecule has 0 amide bonds. The van der Waals surface area contributed by atoms with Crippen molar-refractivity contribution in [1.82, 2.24) is 4.90 Å². The Labute approximate surface area is 138 Å². The lowest BCUT2D eigenvalue weighted by Crippen LogP contribution is -2.21. The zero-order valence-electron chi connectivity index (χ0n) is 14.0. The van der Waals surface area contributed by atoms with Crippen molar-refractivity contribution in [2.45, 2.75) is 13.0 Å². The fourth-order valence-electron chi connectivity index (χ4n) is 2.85. The highest BCUT2D eigenvalue weighted by molar-refractivity contribution is 5.80. The molecule has 2 aromatic carbocycles. The maximum Gasteiger partial charge on any atom is 0.144 e. The minimum atomic E-state index is 0.745. The summed E-state index contributed by atoms with van der Waals surface area (Å²) in [5.74, 6) is 0.955. The molecule has 3 rings (SSSR count). The summed E-state index contributed by atoms with van der Waals surface area (Å²) in [5, 5.41) is 3.48. The number of nitrogens with zero attached hydrogens (tertiary/aromatic N) is 2. The number of anilines is 2. The Kier molecular flexibility index (Phi) is 5.03. The minimum Gasteiger partial charge on any atom is -0.491 e. The molecule has 1 heterocycles. The molecule has 23 heavy (non-hydrogen) atoms. The third kappa shape index (κ3) is 3.96. The first-order valence-electron chi connectivity index (χ1n) is 8.17. The first-order chi connectivity index (χ1) is 11.2. The van der Waals surface area contributed by atoms with E-state index in [0.29, 0.717) is 0 Å². The lowest BCUT2D eigenvalue weighted by Gasteiger charge is -2.18. The van der Waals surface area contributed by atoms with Crippen molar-refractivity contribution in [3.05, 3.63) is 54.1 Å². The van der Waals surface area contributed by atoms with Gasteiger partial charge < -0.3 is 19.9 Å². The van der Waals surface area contributed by atoms with Gasteiger partial charge in [0, 0.05) is 13.1 Å². The van der Waals surface area contributed by atoms with Gasteiger partial charge in [0.15, 0.2) is 0 Å². The van der Waals surface area contributed by atoms with E-state index in [1.54, 1.807) is 0 Å². The summed E-state index contributed by atoms with van der Waals surface area (Å²) in [4.78, 5) is 4.52. The number of fused-ring (bicyclic) bond motifs is 1. The number of hydrogen-bond donors (Lipinski definition) is 1. The van der Waals surface area contributed by atoms with E-state index in [0.717, 1.165) is 44.2 Å². The molecule has 4 heteroatoms. The fraction of sp³-hybridized carbons (Fsp3) is 0.368. The summed E-state index contributed by atoms with van der Waals surface area (Å²) >= 11 is 0. The van der Waals surface area contributed by atoms with Crippen LogP contribution in [0.15, 0.2) is 48.5 Å². The van der Waals surface area contributed by atoms with Crippen molar-refractivity contribution < 1.29 is 4.74 Å². The quantitative estimate of drug-likeness (QED) is 0.793. The Morgan fingerprint density at radius 2 is 1.91 bits per heavy atom. The molecule has 122 valence electrons. The molecule has 2 aromatic rings. The van der Waals surface area contributed by atoms with E-state index in [1.807, 2.05) is 6.07 Å². The van der Waals surface area contributed by atoms with Gasteiger partial charge in [-0.3, -0.25) is 0 Å². The Hall–Kier alpha value is -2.20. The third-order valence-electron chi connectivity index (χ3n) is 4.02. The van der Waals surface area contributed by atoms with E-state index in [4.69, 9.17) is 4.74 Å². The molecule has 0 aliphatic carbocycles. The highest BCUT2D eigenvalue weighted by Gasteiger charge is 2.21. The van der Waals surface area contributed by atoms with Crippen LogP contribution in [0.2, 0.25) is 0 Å². The maximum absolute atomic E-state index is 5.98. The fourth-order valence-corrected chi connectivity index (χ4v) is 2.85. The Balaban J connectivity index is 1.65. The van der Waals surface area contributed by atoms with Crippen LogP contribution in [0.4, 0.5) is 11.4 Å². The number of benzene rings is 2. The lowest BCUT2D eigenvalue weighted by atomic mass is 10.2. The Morgan fingerprint density at radius 1 is 1.09 bits per heavy atom. The van der Waals surface area contributed by atoms with E-state index in [9.17, 15) is 0 Å². The SMILES string of the molecule is CN(C)CCCOc1cccc2c1NCN2Cc1ccccc1. The molecule has 0 atom stereocenters. The largest absolute Gasteiger partial charge is 0.491 e. The van der Waals surface area contributed by atoms with E-state index >= 15 is 0 Å². The Bertz CT molecular complexity index is 628. The van der Waals surface area contributed by atoms with Gasteiger partial charge in [0.25, 0.3) is 0 Å². The second-order valence-corrected chi connectivity index (χ2v) is 6.17. The molecule has 0 aromatic heterocycles. The first kappa shape index (κ1) is 15.7. The van der Waals surface area contributed by atoms with Crippen LogP contribution in [0.3, 0.4) is 0 Å². The average molecular weight is 311 g/mol. The summed E-state index contributed by atoms with van der Waals surface area (Å²) in [7, 11) is 4.17. The number of nitrogens with one attached hydrogen (secondary N) is 1. The highest BCUT2D eigenvalue weighted by Crippen LogP contribution is 2.39. The zero-order chi connectivity index (χ0) is 16.1. The predicted molar refractivity (Wildman–Crippen MR) is 96.2 cm³/mol. The van der Waals surface area contributed by atoms with Crippen LogP contribution in [0, 0.1) is 0 Å². The molecule has 0 fully saturated rings. The molecule has 0 spiro atoms. The van der Waals surface area contributed by atoms with Gasteiger partial charge in [-0.25, -0.2) is 0 Å². The normalized spacial score (nSPS) is 13.1. The molecule has 0 bridgehead atoms. The van der Waals surface area contributed by atoms with E-state index < -0.39 is 0 Å². The summed E-state index contributed by atoms with van der Waals surface area (Å²) in [5.41, 5.74) is 3.66. The second kappa shape index (κ2) is 7.38. The predicted octanol–water partition coefficient (Wildman–Crippen LogP) is 3.41. The molecule has 0 saturated carbocycles. The van der Waals surface area contributed by atoms with Crippen LogP contribution < -0.4 is 15.0 Å². The molecule has 4 nitrogen and oxygen atoms in total. The number of ether oxygens (including phenoxy) is 1.